The molecule has 33 heavy (non-hydrogen) atoms. The molecule has 1 aliphatic heterocycles. The minimum absolute atomic E-state index is 0.0753. The lowest BCUT2D eigenvalue weighted by Gasteiger charge is -2.34. The van der Waals surface area contributed by atoms with Crippen LogP contribution >= 0.6 is 23.4 Å². The van der Waals surface area contributed by atoms with Crippen molar-refractivity contribution in [3.63, 3.8) is 0 Å². The second-order valence-corrected chi connectivity index (χ2v) is 9.42. The molecular formula is C24H27ClFN5OS. The summed E-state index contributed by atoms with van der Waals surface area (Å²) in [5.74, 6) is 0.913. The second-order valence-electron chi connectivity index (χ2n) is 8.07. The molecule has 6 nitrogen and oxygen atoms in total. The molecule has 0 atom stereocenters. The number of hydrogen-bond donors (Lipinski definition) is 0. The molecule has 1 amide bonds. The van der Waals surface area contributed by atoms with E-state index in [1.807, 2.05) is 21.6 Å². The molecule has 9 heteroatoms. The molecule has 3 aromatic rings. The van der Waals surface area contributed by atoms with E-state index in [2.05, 4.69) is 41.1 Å². The molecule has 0 N–H and O–H groups in total. The van der Waals surface area contributed by atoms with Gasteiger partial charge in [-0.25, -0.2) is 4.39 Å². The van der Waals surface area contributed by atoms with E-state index in [4.69, 9.17) is 11.6 Å². The molecule has 4 rings (SSSR count). The maximum Gasteiger partial charge on any atom is 0.233 e. The molecule has 0 radical (unpaired) electrons. The predicted molar refractivity (Wildman–Crippen MR) is 130 cm³/mol. The Kier molecular flexibility index (Phi) is 7.67. The van der Waals surface area contributed by atoms with Gasteiger partial charge in [-0.15, -0.1) is 10.2 Å². The van der Waals surface area contributed by atoms with Crippen LogP contribution in [0.4, 0.5) is 4.39 Å². The summed E-state index contributed by atoms with van der Waals surface area (Å²) in [5.41, 5.74) is 2.70. The van der Waals surface area contributed by atoms with E-state index >= 15 is 0 Å². The zero-order valence-corrected chi connectivity index (χ0v) is 20.4. The van der Waals surface area contributed by atoms with Gasteiger partial charge in [0, 0.05) is 55.4 Å². The van der Waals surface area contributed by atoms with Crippen LogP contribution in [0.15, 0.2) is 47.6 Å². The second kappa shape index (κ2) is 10.7. The van der Waals surface area contributed by atoms with Crippen LogP contribution in [0, 0.1) is 12.7 Å². The van der Waals surface area contributed by atoms with Crippen LogP contribution in [0.5, 0.6) is 0 Å². The summed E-state index contributed by atoms with van der Waals surface area (Å²) in [6.45, 7) is 7.87. The van der Waals surface area contributed by atoms with Crippen molar-refractivity contribution in [3.8, 4) is 11.4 Å². The van der Waals surface area contributed by atoms with Crippen LogP contribution in [0.3, 0.4) is 0 Å². The van der Waals surface area contributed by atoms with Crippen molar-refractivity contribution in [1.29, 1.82) is 0 Å². The van der Waals surface area contributed by atoms with Crippen molar-refractivity contribution in [2.24, 2.45) is 0 Å². The molecule has 2 aromatic carbocycles. The van der Waals surface area contributed by atoms with Gasteiger partial charge in [0.25, 0.3) is 0 Å². The van der Waals surface area contributed by atoms with Crippen molar-refractivity contribution in [3.05, 3.63) is 64.4 Å². The first kappa shape index (κ1) is 23.7. The Labute approximate surface area is 202 Å². The number of carbonyl (C=O) groups excluding carboxylic acids is 1. The first-order chi connectivity index (χ1) is 16.0. The van der Waals surface area contributed by atoms with Gasteiger partial charge >= 0.3 is 0 Å². The van der Waals surface area contributed by atoms with Crippen molar-refractivity contribution in [1.82, 2.24) is 24.6 Å². The van der Waals surface area contributed by atoms with Gasteiger partial charge in [0.1, 0.15) is 5.82 Å². The summed E-state index contributed by atoms with van der Waals surface area (Å²) in [6.07, 6.45) is 0. The van der Waals surface area contributed by atoms with Gasteiger partial charge in [0.05, 0.1) is 5.75 Å². The summed E-state index contributed by atoms with van der Waals surface area (Å²) in [7, 11) is 0. The van der Waals surface area contributed by atoms with E-state index in [1.165, 1.54) is 23.4 Å². The Balaban J connectivity index is 1.32. The van der Waals surface area contributed by atoms with Gasteiger partial charge in [0.15, 0.2) is 11.0 Å². The topological polar surface area (TPSA) is 54.3 Å². The quantitative estimate of drug-likeness (QED) is 0.459. The van der Waals surface area contributed by atoms with Crippen LogP contribution in [0.25, 0.3) is 11.4 Å². The fourth-order valence-corrected chi connectivity index (χ4v) is 5.09. The van der Waals surface area contributed by atoms with Gasteiger partial charge in [-0.2, -0.15) is 0 Å². The third-order valence-corrected chi connectivity index (χ3v) is 7.11. The van der Waals surface area contributed by atoms with E-state index in [0.29, 0.717) is 49.1 Å². The van der Waals surface area contributed by atoms with Gasteiger partial charge in [-0.05, 0) is 32.0 Å². The largest absolute Gasteiger partial charge is 0.339 e. The fraction of sp³-hybridized carbons (Fsp3) is 0.375. The first-order valence-corrected chi connectivity index (χ1v) is 12.4. The molecular weight excluding hydrogens is 461 g/mol. The zero-order chi connectivity index (χ0) is 23.4. The number of amides is 1. The van der Waals surface area contributed by atoms with Gasteiger partial charge in [-0.3, -0.25) is 9.69 Å². The Morgan fingerprint density at radius 1 is 1.12 bits per heavy atom. The van der Waals surface area contributed by atoms with Crippen molar-refractivity contribution >= 4 is 29.3 Å². The van der Waals surface area contributed by atoms with Crippen molar-refractivity contribution in [2.75, 3.05) is 31.9 Å². The molecule has 2 heterocycles. The van der Waals surface area contributed by atoms with E-state index in [-0.39, 0.29) is 11.7 Å². The SMILES string of the molecule is CCn1c(SCC(=O)N2CCN(Cc3c(F)cccc3Cl)CC2)nnc1-c1cccc(C)c1. The first-order valence-electron chi connectivity index (χ1n) is 11.0. The van der Waals surface area contributed by atoms with E-state index in [1.54, 1.807) is 12.1 Å². The minimum Gasteiger partial charge on any atom is -0.339 e. The van der Waals surface area contributed by atoms with Crippen molar-refractivity contribution in [2.45, 2.75) is 32.1 Å². The molecule has 1 aromatic heterocycles. The maximum absolute atomic E-state index is 14.1. The summed E-state index contributed by atoms with van der Waals surface area (Å²) < 4.78 is 16.1. The Morgan fingerprint density at radius 2 is 1.88 bits per heavy atom. The van der Waals surface area contributed by atoms with Gasteiger partial charge < -0.3 is 9.47 Å². The Bertz CT molecular complexity index is 1110. The normalized spacial score (nSPS) is 14.6. The number of halogens is 2. The molecule has 0 saturated carbocycles. The average molecular weight is 488 g/mol. The van der Waals surface area contributed by atoms with E-state index in [9.17, 15) is 9.18 Å². The smallest absolute Gasteiger partial charge is 0.233 e. The average Bonchev–Trinajstić information content (AvgIpc) is 3.23. The number of carbonyl (C=O) groups is 1. The Hall–Kier alpha value is -2.42. The molecule has 1 saturated heterocycles. The number of rotatable bonds is 7. The summed E-state index contributed by atoms with van der Waals surface area (Å²) in [6, 6.07) is 12.9. The lowest BCUT2D eigenvalue weighted by Crippen LogP contribution is -2.48. The Morgan fingerprint density at radius 3 is 2.58 bits per heavy atom. The lowest BCUT2D eigenvalue weighted by molar-refractivity contribution is -0.130. The number of benzene rings is 2. The van der Waals surface area contributed by atoms with Crippen LogP contribution < -0.4 is 0 Å². The van der Waals surface area contributed by atoms with Crippen LogP contribution in [0.1, 0.15) is 18.1 Å². The summed E-state index contributed by atoms with van der Waals surface area (Å²) >= 11 is 7.57. The number of thioether (sulfide) groups is 1. The monoisotopic (exact) mass is 487 g/mol. The zero-order valence-electron chi connectivity index (χ0n) is 18.8. The molecule has 0 spiro atoms. The molecule has 0 aliphatic carbocycles. The van der Waals surface area contributed by atoms with Gasteiger partial charge in [-0.1, -0.05) is 53.2 Å². The predicted octanol–water partition coefficient (Wildman–Crippen LogP) is 4.50. The lowest BCUT2D eigenvalue weighted by atomic mass is 10.1. The fourth-order valence-electron chi connectivity index (χ4n) is 3.96. The number of aryl methyl sites for hydroxylation is 1. The van der Waals surface area contributed by atoms with Crippen molar-refractivity contribution < 1.29 is 9.18 Å². The number of hydrogen-bond acceptors (Lipinski definition) is 5. The van der Waals surface area contributed by atoms with E-state index in [0.717, 1.165) is 23.1 Å². The van der Waals surface area contributed by atoms with Gasteiger partial charge in [0.2, 0.25) is 5.91 Å². The maximum atomic E-state index is 14.1. The highest BCUT2D eigenvalue weighted by Gasteiger charge is 2.23. The summed E-state index contributed by atoms with van der Waals surface area (Å²) in [5, 5.41) is 9.89. The number of aromatic nitrogens is 3. The third-order valence-electron chi connectivity index (χ3n) is 5.80. The molecule has 1 fully saturated rings. The minimum atomic E-state index is -0.289. The third kappa shape index (κ3) is 5.57. The number of nitrogens with zero attached hydrogens (tertiary/aromatic N) is 5. The standard InChI is InChI=1S/C24H27ClFN5OS/c1-3-31-23(18-7-4-6-17(2)14-18)27-28-24(31)33-16-22(32)30-12-10-29(11-13-30)15-19-20(25)8-5-9-21(19)26/h4-9,14H,3,10-13,15-16H2,1-2H3. The van der Waals surface area contributed by atoms with Crippen LogP contribution in [0.2, 0.25) is 5.02 Å². The highest BCUT2D eigenvalue weighted by molar-refractivity contribution is 7.99. The highest BCUT2D eigenvalue weighted by atomic mass is 35.5. The van der Waals surface area contributed by atoms with Crippen LogP contribution in [-0.4, -0.2) is 62.4 Å². The molecule has 0 bridgehead atoms. The highest BCUT2D eigenvalue weighted by Crippen LogP contribution is 2.25. The number of piperazine rings is 1. The molecule has 0 unspecified atom stereocenters. The summed E-state index contributed by atoms with van der Waals surface area (Å²) in [4.78, 5) is 16.8. The molecule has 1 aliphatic rings. The van der Waals surface area contributed by atoms with E-state index < -0.39 is 0 Å². The molecule has 174 valence electrons. The van der Waals surface area contributed by atoms with Crippen LogP contribution in [-0.2, 0) is 17.9 Å².